The minimum Gasteiger partial charge on any atom is -0.493 e. The van der Waals surface area contributed by atoms with Gasteiger partial charge in [0.25, 0.3) is 0 Å². The third-order valence-electron chi connectivity index (χ3n) is 5.08. The Labute approximate surface area is 167 Å². The van der Waals surface area contributed by atoms with E-state index in [9.17, 15) is 0 Å². The summed E-state index contributed by atoms with van der Waals surface area (Å²) in [5.41, 5.74) is 7.11. The van der Waals surface area contributed by atoms with Crippen LogP contribution in [0.2, 0.25) is 0 Å². The molecule has 2 aromatic carbocycles. The van der Waals surface area contributed by atoms with E-state index in [2.05, 4.69) is 22.1 Å². The Bertz CT molecular complexity index is 776. The number of likely N-dealkylation sites (N-methyl/N-ethyl adjacent to an activating group) is 1. The molecular formula is C22H30N4O2. The molecule has 6 nitrogen and oxygen atoms in total. The second-order valence-electron chi connectivity index (χ2n) is 6.90. The Balaban J connectivity index is 1.50. The first-order valence-electron chi connectivity index (χ1n) is 9.87. The summed E-state index contributed by atoms with van der Waals surface area (Å²) in [5, 5.41) is 3.26. The van der Waals surface area contributed by atoms with Gasteiger partial charge in [-0.25, -0.2) is 4.99 Å². The summed E-state index contributed by atoms with van der Waals surface area (Å²) >= 11 is 0. The molecular weight excluding hydrogens is 352 g/mol. The largest absolute Gasteiger partial charge is 0.493 e. The lowest BCUT2D eigenvalue weighted by molar-refractivity contribution is 0.267. The Morgan fingerprint density at radius 2 is 1.93 bits per heavy atom. The maximum Gasteiger partial charge on any atom is 0.188 e. The summed E-state index contributed by atoms with van der Waals surface area (Å²) in [6, 6.07) is 16.0. The van der Waals surface area contributed by atoms with E-state index in [1.165, 1.54) is 19.4 Å². The number of methoxy groups -OCH3 is 1. The summed E-state index contributed by atoms with van der Waals surface area (Å²) in [6.07, 6.45) is 2.49. The molecule has 3 rings (SSSR count). The van der Waals surface area contributed by atoms with Crippen LogP contribution in [0.4, 0.5) is 0 Å². The number of hydrogen-bond donors (Lipinski definition) is 2. The number of para-hydroxylation sites is 2. The van der Waals surface area contributed by atoms with Crippen molar-refractivity contribution < 1.29 is 9.47 Å². The maximum absolute atomic E-state index is 6.03. The average molecular weight is 383 g/mol. The van der Waals surface area contributed by atoms with Gasteiger partial charge < -0.3 is 20.5 Å². The SMILES string of the molecule is CCN1CCCC1CNC(N)=NCc1ccc(Oc2ccccc2OC)cc1. The van der Waals surface area contributed by atoms with Crippen molar-refractivity contribution in [1.29, 1.82) is 0 Å². The van der Waals surface area contributed by atoms with Gasteiger partial charge >= 0.3 is 0 Å². The molecule has 3 N–H and O–H groups in total. The summed E-state index contributed by atoms with van der Waals surface area (Å²) in [4.78, 5) is 6.94. The molecule has 0 bridgehead atoms. The molecule has 2 aromatic rings. The molecule has 1 fully saturated rings. The van der Waals surface area contributed by atoms with Crippen LogP contribution < -0.4 is 20.5 Å². The lowest BCUT2D eigenvalue weighted by Crippen LogP contribution is -2.42. The summed E-state index contributed by atoms with van der Waals surface area (Å²) in [7, 11) is 1.63. The Hall–Kier alpha value is -2.73. The molecule has 1 atom stereocenters. The number of likely N-dealkylation sites (tertiary alicyclic amines) is 1. The number of hydrogen-bond acceptors (Lipinski definition) is 4. The molecule has 150 valence electrons. The molecule has 1 saturated heterocycles. The lowest BCUT2D eigenvalue weighted by atomic mass is 10.2. The minimum absolute atomic E-state index is 0.498. The summed E-state index contributed by atoms with van der Waals surface area (Å²) < 4.78 is 11.2. The van der Waals surface area contributed by atoms with E-state index in [4.69, 9.17) is 15.2 Å². The first-order chi connectivity index (χ1) is 13.7. The van der Waals surface area contributed by atoms with Crippen molar-refractivity contribution in [2.75, 3.05) is 26.7 Å². The molecule has 1 unspecified atom stereocenters. The maximum atomic E-state index is 6.03. The van der Waals surface area contributed by atoms with Gasteiger partial charge in [-0.2, -0.15) is 0 Å². The molecule has 6 heteroatoms. The predicted octanol–water partition coefficient (Wildman–Crippen LogP) is 3.38. The fourth-order valence-electron chi connectivity index (χ4n) is 3.49. The number of aliphatic imine (C=N–C) groups is 1. The van der Waals surface area contributed by atoms with Crippen molar-refractivity contribution in [2.24, 2.45) is 10.7 Å². The van der Waals surface area contributed by atoms with Crippen molar-refractivity contribution in [3.63, 3.8) is 0 Å². The van der Waals surface area contributed by atoms with Crippen LogP contribution in [0.1, 0.15) is 25.3 Å². The van der Waals surface area contributed by atoms with E-state index >= 15 is 0 Å². The first kappa shape index (κ1) is 20.0. The second kappa shape index (κ2) is 9.99. The van der Waals surface area contributed by atoms with Crippen LogP contribution in [-0.2, 0) is 6.54 Å². The molecule has 0 saturated carbocycles. The smallest absolute Gasteiger partial charge is 0.188 e. The highest BCUT2D eigenvalue weighted by atomic mass is 16.5. The van der Waals surface area contributed by atoms with Crippen LogP contribution in [0.3, 0.4) is 0 Å². The van der Waals surface area contributed by atoms with Gasteiger partial charge in [-0.3, -0.25) is 4.90 Å². The zero-order valence-electron chi connectivity index (χ0n) is 16.7. The number of guanidine groups is 1. The first-order valence-corrected chi connectivity index (χ1v) is 9.87. The van der Waals surface area contributed by atoms with Gasteiger partial charge in [0.15, 0.2) is 17.5 Å². The molecule has 1 aliphatic heterocycles. The number of nitrogens with zero attached hydrogens (tertiary/aromatic N) is 2. The quantitative estimate of drug-likeness (QED) is 0.541. The lowest BCUT2D eigenvalue weighted by Gasteiger charge is -2.23. The van der Waals surface area contributed by atoms with E-state index in [-0.39, 0.29) is 0 Å². The van der Waals surface area contributed by atoms with Gasteiger partial charge in [0.2, 0.25) is 0 Å². The fraction of sp³-hybridized carbons (Fsp3) is 0.409. The van der Waals surface area contributed by atoms with E-state index < -0.39 is 0 Å². The van der Waals surface area contributed by atoms with Gasteiger partial charge in [0.1, 0.15) is 5.75 Å². The Morgan fingerprint density at radius 3 is 2.64 bits per heavy atom. The Kier molecular flexibility index (Phi) is 7.14. The summed E-state index contributed by atoms with van der Waals surface area (Å²) in [6.45, 7) is 5.87. The number of nitrogens with one attached hydrogen (secondary N) is 1. The molecule has 0 spiro atoms. The number of ether oxygens (including phenoxy) is 2. The highest BCUT2D eigenvalue weighted by Gasteiger charge is 2.22. The van der Waals surface area contributed by atoms with E-state index in [1.54, 1.807) is 7.11 Å². The summed E-state index contributed by atoms with van der Waals surface area (Å²) in [5.74, 6) is 2.65. The van der Waals surface area contributed by atoms with Crippen molar-refractivity contribution in [2.45, 2.75) is 32.4 Å². The third kappa shape index (κ3) is 5.39. The van der Waals surface area contributed by atoms with Crippen LogP contribution in [0.25, 0.3) is 0 Å². The van der Waals surface area contributed by atoms with Crippen molar-refractivity contribution in [3.8, 4) is 17.2 Å². The van der Waals surface area contributed by atoms with Crippen LogP contribution in [0.15, 0.2) is 53.5 Å². The zero-order valence-corrected chi connectivity index (χ0v) is 16.7. The molecule has 28 heavy (non-hydrogen) atoms. The normalized spacial score (nSPS) is 17.5. The zero-order chi connectivity index (χ0) is 19.8. The van der Waals surface area contributed by atoms with Crippen LogP contribution in [0.5, 0.6) is 17.2 Å². The van der Waals surface area contributed by atoms with Gasteiger partial charge in [-0.05, 0) is 55.8 Å². The monoisotopic (exact) mass is 382 g/mol. The van der Waals surface area contributed by atoms with Crippen LogP contribution >= 0.6 is 0 Å². The molecule has 1 aliphatic rings. The van der Waals surface area contributed by atoms with Gasteiger partial charge in [0, 0.05) is 12.6 Å². The van der Waals surface area contributed by atoms with E-state index in [0.29, 0.717) is 30.0 Å². The Morgan fingerprint density at radius 1 is 1.18 bits per heavy atom. The minimum atomic E-state index is 0.498. The van der Waals surface area contributed by atoms with Crippen LogP contribution in [0, 0.1) is 0 Å². The fourth-order valence-corrected chi connectivity index (χ4v) is 3.49. The molecule has 0 aliphatic carbocycles. The predicted molar refractivity (Wildman–Crippen MR) is 113 cm³/mol. The topological polar surface area (TPSA) is 72.1 Å². The third-order valence-corrected chi connectivity index (χ3v) is 5.08. The molecule has 1 heterocycles. The number of benzene rings is 2. The highest BCUT2D eigenvalue weighted by molar-refractivity contribution is 5.77. The van der Waals surface area contributed by atoms with Gasteiger partial charge in [-0.15, -0.1) is 0 Å². The van der Waals surface area contributed by atoms with Crippen LogP contribution in [-0.4, -0.2) is 43.6 Å². The van der Waals surface area contributed by atoms with Gasteiger partial charge in [0.05, 0.1) is 13.7 Å². The van der Waals surface area contributed by atoms with Gasteiger partial charge in [-0.1, -0.05) is 31.2 Å². The number of rotatable bonds is 8. The highest BCUT2D eigenvalue weighted by Crippen LogP contribution is 2.30. The van der Waals surface area contributed by atoms with E-state index in [1.807, 2.05) is 48.5 Å². The van der Waals surface area contributed by atoms with Crippen molar-refractivity contribution >= 4 is 5.96 Å². The van der Waals surface area contributed by atoms with E-state index in [0.717, 1.165) is 24.4 Å². The average Bonchev–Trinajstić information content (AvgIpc) is 3.20. The van der Waals surface area contributed by atoms with Crippen molar-refractivity contribution in [3.05, 3.63) is 54.1 Å². The molecule has 0 radical (unpaired) electrons. The molecule has 0 aromatic heterocycles. The standard InChI is InChI=1S/C22H30N4O2/c1-3-26-14-6-7-18(26)16-25-22(23)24-15-17-10-12-19(13-11-17)28-21-9-5-4-8-20(21)27-2/h4-5,8-13,18H,3,6-7,14-16H2,1-2H3,(H3,23,24,25). The number of nitrogens with two attached hydrogens (primary N) is 1. The second-order valence-corrected chi connectivity index (χ2v) is 6.90. The van der Waals surface area contributed by atoms with Crippen molar-refractivity contribution in [1.82, 2.24) is 10.2 Å². The molecule has 0 amide bonds.